The molecule has 0 atom stereocenters. The molecule has 0 aliphatic carbocycles. The number of aromatic nitrogens is 2. The average molecular weight is 352 g/mol. The molecule has 0 saturated heterocycles. The molecule has 1 heterocycles. The van der Waals surface area contributed by atoms with Gasteiger partial charge in [0.1, 0.15) is 11.6 Å². The lowest BCUT2D eigenvalue weighted by Crippen LogP contribution is -2.04. The maximum Gasteiger partial charge on any atom is 0.161 e. The molecule has 2 aromatic rings. The van der Waals surface area contributed by atoms with Crippen LogP contribution in [0.3, 0.4) is 0 Å². The number of aryl methyl sites for hydroxylation is 1. The molecule has 2 rings (SSSR count). The van der Waals surface area contributed by atoms with Crippen molar-refractivity contribution in [1.82, 2.24) is 9.97 Å². The molecule has 0 unspecified atom stereocenters. The van der Waals surface area contributed by atoms with E-state index in [1.807, 2.05) is 32.2 Å². The van der Waals surface area contributed by atoms with E-state index in [4.69, 9.17) is 9.47 Å². The van der Waals surface area contributed by atoms with Crippen molar-refractivity contribution < 1.29 is 9.47 Å². The standard InChI is InChI=1S/C15H18BrN3O2/c1-9-14(16)15(17-2)19-13(18-9)8-10-5-6-11(20-3)12(7-10)21-4/h5-7H,8H2,1-4H3,(H,17,18,19). The fourth-order valence-corrected chi connectivity index (χ4v) is 2.41. The summed E-state index contributed by atoms with van der Waals surface area (Å²) >= 11 is 3.48. The molecule has 5 nitrogen and oxygen atoms in total. The number of methoxy groups -OCH3 is 2. The van der Waals surface area contributed by atoms with Crippen LogP contribution >= 0.6 is 15.9 Å². The Morgan fingerprint density at radius 2 is 1.86 bits per heavy atom. The molecule has 0 fully saturated rings. The van der Waals surface area contributed by atoms with E-state index in [1.54, 1.807) is 14.2 Å². The summed E-state index contributed by atoms with van der Waals surface area (Å²) in [6.07, 6.45) is 0.628. The second kappa shape index (κ2) is 6.76. The van der Waals surface area contributed by atoms with Gasteiger partial charge >= 0.3 is 0 Å². The lowest BCUT2D eigenvalue weighted by atomic mass is 10.1. The molecule has 1 aromatic heterocycles. The van der Waals surface area contributed by atoms with Gasteiger partial charge in [0.2, 0.25) is 0 Å². The van der Waals surface area contributed by atoms with Gasteiger partial charge in [0, 0.05) is 13.5 Å². The van der Waals surface area contributed by atoms with Gasteiger partial charge in [-0.15, -0.1) is 0 Å². The van der Waals surface area contributed by atoms with E-state index in [1.165, 1.54) is 0 Å². The van der Waals surface area contributed by atoms with Gasteiger partial charge in [-0.05, 0) is 40.5 Å². The van der Waals surface area contributed by atoms with E-state index in [0.29, 0.717) is 17.9 Å². The third-order valence-corrected chi connectivity index (χ3v) is 4.06. The van der Waals surface area contributed by atoms with Crippen LogP contribution in [0.15, 0.2) is 22.7 Å². The van der Waals surface area contributed by atoms with Crippen LogP contribution in [-0.4, -0.2) is 31.2 Å². The van der Waals surface area contributed by atoms with Crippen LogP contribution in [-0.2, 0) is 6.42 Å². The SMILES string of the molecule is CNc1nc(Cc2ccc(OC)c(OC)c2)nc(C)c1Br. The molecule has 0 aliphatic heterocycles. The predicted molar refractivity (Wildman–Crippen MR) is 86.4 cm³/mol. The highest BCUT2D eigenvalue weighted by molar-refractivity contribution is 9.10. The topological polar surface area (TPSA) is 56.3 Å². The summed E-state index contributed by atoms with van der Waals surface area (Å²) in [5.41, 5.74) is 1.97. The minimum atomic E-state index is 0.628. The van der Waals surface area contributed by atoms with Crippen LogP contribution in [0, 0.1) is 6.92 Å². The molecule has 6 heteroatoms. The molecular weight excluding hydrogens is 334 g/mol. The summed E-state index contributed by atoms with van der Waals surface area (Å²) in [5.74, 6) is 2.97. The minimum absolute atomic E-state index is 0.628. The summed E-state index contributed by atoms with van der Waals surface area (Å²) in [4.78, 5) is 9.01. The monoisotopic (exact) mass is 351 g/mol. The summed E-state index contributed by atoms with van der Waals surface area (Å²) in [7, 11) is 5.09. The summed E-state index contributed by atoms with van der Waals surface area (Å²) < 4.78 is 11.4. The largest absolute Gasteiger partial charge is 0.493 e. The molecular formula is C15H18BrN3O2. The van der Waals surface area contributed by atoms with E-state index < -0.39 is 0 Å². The van der Waals surface area contributed by atoms with Gasteiger partial charge in [-0.2, -0.15) is 0 Å². The Labute approximate surface area is 132 Å². The lowest BCUT2D eigenvalue weighted by molar-refractivity contribution is 0.354. The molecule has 1 N–H and O–H groups in total. The van der Waals surface area contributed by atoms with Crippen LogP contribution in [0.4, 0.5) is 5.82 Å². The Hall–Kier alpha value is -1.82. The number of halogens is 1. The van der Waals surface area contributed by atoms with Crippen molar-refractivity contribution in [2.24, 2.45) is 0 Å². The maximum absolute atomic E-state index is 5.32. The second-order valence-corrected chi connectivity index (χ2v) is 5.30. The van der Waals surface area contributed by atoms with Crippen LogP contribution in [0.1, 0.15) is 17.1 Å². The molecule has 0 radical (unpaired) electrons. The van der Waals surface area contributed by atoms with E-state index in [0.717, 1.165) is 27.4 Å². The maximum atomic E-state index is 5.32. The molecule has 0 bridgehead atoms. The predicted octanol–water partition coefficient (Wildman–Crippen LogP) is 3.20. The van der Waals surface area contributed by atoms with Crippen molar-refractivity contribution in [3.8, 4) is 11.5 Å². The summed E-state index contributed by atoms with van der Waals surface area (Å²) in [6.45, 7) is 1.95. The Kier molecular flexibility index (Phi) is 5.01. The molecule has 1 aromatic carbocycles. The highest BCUT2D eigenvalue weighted by Gasteiger charge is 2.10. The van der Waals surface area contributed by atoms with Crippen LogP contribution in [0.25, 0.3) is 0 Å². The number of nitrogens with zero attached hydrogens (tertiary/aromatic N) is 2. The zero-order valence-electron chi connectivity index (χ0n) is 12.5. The van der Waals surface area contributed by atoms with E-state index >= 15 is 0 Å². The van der Waals surface area contributed by atoms with Crippen LogP contribution < -0.4 is 14.8 Å². The second-order valence-electron chi connectivity index (χ2n) is 4.50. The van der Waals surface area contributed by atoms with Crippen molar-refractivity contribution >= 4 is 21.7 Å². The Morgan fingerprint density at radius 1 is 1.14 bits per heavy atom. The zero-order valence-corrected chi connectivity index (χ0v) is 14.1. The van der Waals surface area contributed by atoms with Crippen molar-refractivity contribution in [2.75, 3.05) is 26.6 Å². The smallest absolute Gasteiger partial charge is 0.161 e. The zero-order chi connectivity index (χ0) is 15.4. The number of ether oxygens (including phenoxy) is 2. The van der Waals surface area contributed by atoms with E-state index in [-0.39, 0.29) is 0 Å². The first-order chi connectivity index (χ1) is 10.1. The van der Waals surface area contributed by atoms with E-state index in [2.05, 4.69) is 31.2 Å². The van der Waals surface area contributed by atoms with Crippen molar-refractivity contribution in [3.05, 3.63) is 39.8 Å². The first-order valence-electron chi connectivity index (χ1n) is 6.50. The Bertz CT molecular complexity index is 647. The number of benzene rings is 1. The highest BCUT2D eigenvalue weighted by atomic mass is 79.9. The third kappa shape index (κ3) is 3.44. The fraction of sp³-hybridized carbons (Fsp3) is 0.333. The number of rotatable bonds is 5. The van der Waals surface area contributed by atoms with Crippen LogP contribution in [0.2, 0.25) is 0 Å². The Balaban J connectivity index is 2.32. The van der Waals surface area contributed by atoms with Gasteiger partial charge in [0.25, 0.3) is 0 Å². The third-order valence-electron chi connectivity index (χ3n) is 3.11. The molecule has 0 saturated carbocycles. The number of anilines is 1. The molecule has 0 spiro atoms. The Morgan fingerprint density at radius 3 is 2.48 bits per heavy atom. The lowest BCUT2D eigenvalue weighted by Gasteiger charge is -2.11. The van der Waals surface area contributed by atoms with Crippen molar-refractivity contribution in [1.29, 1.82) is 0 Å². The minimum Gasteiger partial charge on any atom is -0.493 e. The molecule has 0 aliphatic rings. The number of hydrogen-bond acceptors (Lipinski definition) is 5. The fourth-order valence-electron chi connectivity index (χ4n) is 2.04. The van der Waals surface area contributed by atoms with Gasteiger partial charge in [0.15, 0.2) is 11.5 Å². The molecule has 0 amide bonds. The van der Waals surface area contributed by atoms with Crippen molar-refractivity contribution in [3.63, 3.8) is 0 Å². The number of nitrogens with one attached hydrogen (secondary N) is 1. The van der Waals surface area contributed by atoms with Crippen molar-refractivity contribution in [2.45, 2.75) is 13.3 Å². The first-order valence-corrected chi connectivity index (χ1v) is 7.30. The summed E-state index contributed by atoms with van der Waals surface area (Å²) in [5, 5.41) is 3.06. The molecule has 21 heavy (non-hydrogen) atoms. The van der Waals surface area contributed by atoms with Gasteiger partial charge in [-0.1, -0.05) is 6.07 Å². The van der Waals surface area contributed by atoms with Gasteiger partial charge in [0.05, 0.1) is 24.4 Å². The quantitative estimate of drug-likeness (QED) is 0.896. The van der Waals surface area contributed by atoms with E-state index in [9.17, 15) is 0 Å². The average Bonchev–Trinajstić information content (AvgIpc) is 2.50. The van der Waals surface area contributed by atoms with Gasteiger partial charge in [-0.25, -0.2) is 9.97 Å². The molecule has 112 valence electrons. The highest BCUT2D eigenvalue weighted by Crippen LogP contribution is 2.29. The summed E-state index contributed by atoms with van der Waals surface area (Å²) in [6, 6.07) is 5.82. The van der Waals surface area contributed by atoms with Crippen LogP contribution in [0.5, 0.6) is 11.5 Å². The first kappa shape index (κ1) is 15.6. The van der Waals surface area contributed by atoms with Gasteiger partial charge in [-0.3, -0.25) is 0 Å². The number of hydrogen-bond donors (Lipinski definition) is 1. The normalized spacial score (nSPS) is 10.3. The van der Waals surface area contributed by atoms with Gasteiger partial charge < -0.3 is 14.8 Å².